The Bertz CT molecular complexity index is 679. The van der Waals surface area contributed by atoms with Gasteiger partial charge in [0, 0.05) is 24.0 Å². The molecule has 0 N–H and O–H groups in total. The van der Waals surface area contributed by atoms with Gasteiger partial charge in [-0.25, -0.2) is 0 Å². The Hall–Kier alpha value is -1.25. The normalized spacial score (nSPS) is 23.8. The SMILES string of the molecule is COc1cc(C(F)(F)F)cc(SC)c1C(=O)C[C@@H]1CCOC[C@@H]1N1CCCC1. The molecular formula is C20H26F3NO3S. The molecule has 2 aliphatic rings. The van der Waals surface area contributed by atoms with Gasteiger partial charge in [-0.05, 0) is 56.7 Å². The minimum atomic E-state index is -4.49. The number of benzene rings is 1. The van der Waals surface area contributed by atoms with Gasteiger partial charge >= 0.3 is 6.18 Å². The molecule has 0 bridgehead atoms. The zero-order valence-electron chi connectivity index (χ0n) is 16.2. The number of halogens is 3. The van der Waals surface area contributed by atoms with Crippen molar-refractivity contribution < 1.29 is 27.4 Å². The molecule has 8 heteroatoms. The summed E-state index contributed by atoms with van der Waals surface area (Å²) in [5.74, 6) is -0.0268. The predicted molar refractivity (Wildman–Crippen MR) is 102 cm³/mol. The molecule has 0 unspecified atom stereocenters. The third-order valence-electron chi connectivity index (χ3n) is 5.63. The van der Waals surface area contributed by atoms with Crippen LogP contribution < -0.4 is 4.74 Å². The van der Waals surface area contributed by atoms with Crippen LogP contribution in [-0.4, -0.2) is 56.4 Å². The van der Waals surface area contributed by atoms with E-state index >= 15 is 0 Å². The molecule has 3 rings (SSSR count). The Morgan fingerprint density at radius 1 is 1.32 bits per heavy atom. The van der Waals surface area contributed by atoms with Crippen molar-refractivity contribution in [3.05, 3.63) is 23.3 Å². The van der Waals surface area contributed by atoms with Crippen molar-refractivity contribution >= 4 is 17.5 Å². The molecule has 0 spiro atoms. The monoisotopic (exact) mass is 417 g/mol. The summed E-state index contributed by atoms with van der Waals surface area (Å²) in [7, 11) is 1.30. The Morgan fingerprint density at radius 2 is 2.04 bits per heavy atom. The number of nitrogens with zero attached hydrogens (tertiary/aromatic N) is 1. The highest BCUT2D eigenvalue weighted by molar-refractivity contribution is 7.98. The number of hydrogen-bond donors (Lipinski definition) is 0. The van der Waals surface area contributed by atoms with Gasteiger partial charge in [-0.15, -0.1) is 11.8 Å². The number of Topliss-reactive ketones (excluding diaryl/α,β-unsaturated/α-hetero) is 1. The van der Waals surface area contributed by atoms with Gasteiger partial charge in [0.25, 0.3) is 0 Å². The summed E-state index contributed by atoms with van der Waals surface area (Å²) >= 11 is 1.14. The first-order valence-electron chi connectivity index (χ1n) is 9.53. The molecule has 2 atom stereocenters. The molecule has 0 radical (unpaired) electrons. The van der Waals surface area contributed by atoms with Crippen LogP contribution in [-0.2, 0) is 10.9 Å². The van der Waals surface area contributed by atoms with Crippen molar-refractivity contribution in [1.29, 1.82) is 0 Å². The Morgan fingerprint density at radius 3 is 2.64 bits per heavy atom. The standard InChI is InChI=1S/C20H26F3NO3S/c1-26-17-10-14(20(21,22)23)11-18(28-2)19(17)16(25)9-13-5-8-27-12-15(13)24-6-3-4-7-24/h10-11,13,15H,3-9,12H2,1-2H3/t13-,15-/m0/s1. The number of ether oxygens (including phenoxy) is 2. The van der Waals surface area contributed by atoms with Gasteiger partial charge < -0.3 is 9.47 Å². The lowest BCUT2D eigenvalue weighted by atomic mass is 9.87. The van der Waals surface area contributed by atoms with Gasteiger partial charge in [-0.2, -0.15) is 13.2 Å². The number of likely N-dealkylation sites (tertiary alicyclic amines) is 1. The summed E-state index contributed by atoms with van der Waals surface area (Å²) in [6.45, 7) is 3.25. The van der Waals surface area contributed by atoms with Crippen LogP contribution in [0.1, 0.15) is 41.6 Å². The number of thioether (sulfide) groups is 1. The van der Waals surface area contributed by atoms with E-state index < -0.39 is 11.7 Å². The summed E-state index contributed by atoms with van der Waals surface area (Å²) in [5, 5.41) is 0. The fourth-order valence-corrected chi connectivity index (χ4v) is 4.84. The molecule has 2 saturated heterocycles. The average Bonchev–Trinajstić information content (AvgIpc) is 3.21. The molecular weight excluding hydrogens is 391 g/mol. The van der Waals surface area contributed by atoms with Gasteiger partial charge in [-0.3, -0.25) is 9.69 Å². The van der Waals surface area contributed by atoms with Crippen LogP contribution in [0, 0.1) is 5.92 Å². The van der Waals surface area contributed by atoms with Crippen LogP contribution in [0.2, 0.25) is 0 Å². The zero-order chi connectivity index (χ0) is 20.3. The van der Waals surface area contributed by atoms with Crippen molar-refractivity contribution in [2.24, 2.45) is 5.92 Å². The van der Waals surface area contributed by atoms with E-state index in [0.29, 0.717) is 24.5 Å². The maximum atomic E-state index is 13.2. The van der Waals surface area contributed by atoms with Crippen LogP contribution in [0.4, 0.5) is 13.2 Å². The summed E-state index contributed by atoms with van der Waals surface area (Å²) < 4.78 is 50.4. The molecule has 156 valence electrons. The van der Waals surface area contributed by atoms with Gasteiger partial charge in [0.15, 0.2) is 5.78 Å². The number of hydrogen-bond acceptors (Lipinski definition) is 5. The molecule has 1 aromatic rings. The number of methoxy groups -OCH3 is 1. The van der Waals surface area contributed by atoms with Gasteiger partial charge in [0.2, 0.25) is 0 Å². The third kappa shape index (κ3) is 4.66. The first-order valence-corrected chi connectivity index (χ1v) is 10.8. The predicted octanol–water partition coefficient (Wildman–Crippen LogP) is 4.51. The minimum Gasteiger partial charge on any atom is -0.496 e. The van der Waals surface area contributed by atoms with Crippen molar-refractivity contribution in [2.45, 2.75) is 42.8 Å². The van der Waals surface area contributed by atoms with E-state index in [4.69, 9.17) is 9.47 Å². The van der Waals surface area contributed by atoms with Crippen molar-refractivity contribution in [2.75, 3.05) is 39.7 Å². The molecule has 0 saturated carbocycles. The molecule has 0 aliphatic carbocycles. The third-order valence-corrected chi connectivity index (χ3v) is 6.40. The van der Waals surface area contributed by atoms with E-state index in [0.717, 1.165) is 56.2 Å². The van der Waals surface area contributed by atoms with Gasteiger partial charge in [0.1, 0.15) is 5.75 Å². The molecule has 2 fully saturated rings. The largest absolute Gasteiger partial charge is 0.496 e. The van der Waals surface area contributed by atoms with Crippen molar-refractivity contribution in [1.82, 2.24) is 4.90 Å². The van der Waals surface area contributed by atoms with Crippen molar-refractivity contribution in [3.63, 3.8) is 0 Å². The number of rotatable bonds is 6. The first-order chi connectivity index (χ1) is 13.3. The summed E-state index contributed by atoms with van der Waals surface area (Å²) in [4.78, 5) is 15.9. The molecule has 2 aliphatic heterocycles. The molecule has 2 heterocycles. The van der Waals surface area contributed by atoms with E-state index in [1.54, 1.807) is 6.26 Å². The number of carbonyl (C=O) groups excluding carboxylic acids is 1. The summed E-state index contributed by atoms with van der Waals surface area (Å²) in [6, 6.07) is 2.16. The maximum absolute atomic E-state index is 13.2. The lowest BCUT2D eigenvalue weighted by Gasteiger charge is -2.37. The second-order valence-corrected chi connectivity index (χ2v) is 8.16. The van der Waals surface area contributed by atoms with E-state index in [-0.39, 0.29) is 29.1 Å². The first kappa shape index (κ1) is 21.5. The van der Waals surface area contributed by atoms with E-state index in [1.807, 2.05) is 0 Å². The highest BCUT2D eigenvalue weighted by atomic mass is 32.2. The fraction of sp³-hybridized carbons (Fsp3) is 0.650. The zero-order valence-corrected chi connectivity index (χ0v) is 17.0. The summed E-state index contributed by atoms with van der Waals surface area (Å²) in [6.07, 6.45) is 0.569. The fourth-order valence-electron chi connectivity index (χ4n) is 4.17. The number of ketones is 1. The van der Waals surface area contributed by atoms with Crippen LogP contribution in [0.3, 0.4) is 0 Å². The molecule has 1 aromatic carbocycles. The second-order valence-electron chi connectivity index (χ2n) is 7.31. The molecule has 28 heavy (non-hydrogen) atoms. The maximum Gasteiger partial charge on any atom is 0.416 e. The molecule has 0 aromatic heterocycles. The van der Waals surface area contributed by atoms with Gasteiger partial charge in [-0.1, -0.05) is 0 Å². The van der Waals surface area contributed by atoms with Gasteiger partial charge in [0.05, 0.1) is 24.8 Å². The molecule has 4 nitrogen and oxygen atoms in total. The average molecular weight is 417 g/mol. The Balaban J connectivity index is 1.86. The highest BCUT2D eigenvalue weighted by Gasteiger charge is 2.36. The summed E-state index contributed by atoms with van der Waals surface area (Å²) in [5.41, 5.74) is -0.541. The van der Waals surface area contributed by atoms with Crippen LogP contribution in [0.5, 0.6) is 5.75 Å². The second kappa shape index (κ2) is 9.05. The van der Waals surface area contributed by atoms with Crippen LogP contribution >= 0.6 is 11.8 Å². The Kier molecular flexibility index (Phi) is 6.94. The number of alkyl halides is 3. The van der Waals surface area contributed by atoms with Crippen LogP contribution in [0.15, 0.2) is 17.0 Å². The lowest BCUT2D eigenvalue weighted by molar-refractivity contribution is -0.137. The number of carbonyl (C=O) groups is 1. The minimum absolute atomic E-state index is 0.00560. The van der Waals surface area contributed by atoms with E-state index in [9.17, 15) is 18.0 Å². The lowest BCUT2D eigenvalue weighted by Crippen LogP contribution is -2.46. The van der Waals surface area contributed by atoms with Crippen LogP contribution in [0.25, 0.3) is 0 Å². The van der Waals surface area contributed by atoms with E-state index in [1.165, 1.54) is 7.11 Å². The molecule has 0 amide bonds. The highest BCUT2D eigenvalue weighted by Crippen LogP contribution is 2.39. The topological polar surface area (TPSA) is 38.8 Å². The Labute approximate surface area is 167 Å². The van der Waals surface area contributed by atoms with Crippen molar-refractivity contribution in [3.8, 4) is 5.75 Å². The quantitative estimate of drug-likeness (QED) is 0.503. The smallest absolute Gasteiger partial charge is 0.416 e. The van der Waals surface area contributed by atoms with E-state index in [2.05, 4.69) is 4.90 Å².